The number of hydrogen-bond acceptors (Lipinski definition) is 10. The summed E-state index contributed by atoms with van der Waals surface area (Å²) in [5, 5.41) is 11.8. The topological polar surface area (TPSA) is 159 Å². The van der Waals surface area contributed by atoms with E-state index in [2.05, 4.69) is 33.0 Å². The van der Waals surface area contributed by atoms with Gasteiger partial charge >= 0.3 is 5.69 Å². The van der Waals surface area contributed by atoms with E-state index >= 15 is 0 Å². The van der Waals surface area contributed by atoms with Crippen LogP contribution in [0.5, 0.6) is 0 Å². The molecule has 5 rings (SSSR count). The fourth-order valence-electron chi connectivity index (χ4n) is 8.05. The smallest absolute Gasteiger partial charge is 0.330 e. The van der Waals surface area contributed by atoms with Crippen LogP contribution in [0.1, 0.15) is 104 Å². The predicted molar refractivity (Wildman–Crippen MR) is 204 cm³/mol. The zero-order chi connectivity index (χ0) is 39.8. The first-order valence-corrected chi connectivity index (χ1v) is 20.0. The minimum Gasteiger partial charge on any atom is -0.353 e. The lowest BCUT2D eigenvalue weighted by molar-refractivity contribution is -0.127. The molecule has 4 heterocycles. The van der Waals surface area contributed by atoms with E-state index in [9.17, 15) is 23.6 Å². The highest BCUT2D eigenvalue weighted by Gasteiger charge is 2.48. The summed E-state index contributed by atoms with van der Waals surface area (Å²) in [6.45, 7) is 8.36. The number of carbonyl (C=O) groups is 2. The summed E-state index contributed by atoms with van der Waals surface area (Å²) < 4.78 is 43.6. The van der Waals surface area contributed by atoms with Crippen molar-refractivity contribution >= 4 is 26.3 Å². The van der Waals surface area contributed by atoms with Crippen molar-refractivity contribution < 1.29 is 29.1 Å². The third-order valence-electron chi connectivity index (χ3n) is 10.6. The van der Waals surface area contributed by atoms with Gasteiger partial charge in [-0.2, -0.15) is 5.26 Å². The molecule has 1 aromatic carbocycles. The molecule has 0 saturated carbocycles. The number of amides is 1. The Kier molecular flexibility index (Phi) is 14.0. The van der Waals surface area contributed by atoms with Gasteiger partial charge in [0.1, 0.15) is 17.8 Å². The third kappa shape index (κ3) is 9.99. The molecule has 4 unspecified atom stereocenters. The lowest BCUT2D eigenvalue weighted by Crippen LogP contribution is -2.48. The Bertz CT molecular complexity index is 1810. The number of nitriles is 1. The molecule has 1 aromatic heterocycles. The average molecular weight is 770 g/mol. The summed E-state index contributed by atoms with van der Waals surface area (Å²) in [4.78, 5) is 56.7. The van der Waals surface area contributed by atoms with Crippen molar-refractivity contribution in [2.45, 2.75) is 128 Å². The maximum Gasteiger partial charge on any atom is 0.330 e. The second-order valence-electron chi connectivity index (χ2n) is 14.9. The number of H-pyrrole nitrogens is 1. The first-order valence-electron chi connectivity index (χ1n) is 19.5. The quantitative estimate of drug-likeness (QED) is 0.121. The Labute approximate surface area is 319 Å². The van der Waals surface area contributed by atoms with Crippen molar-refractivity contribution in [2.75, 3.05) is 20.2 Å². The molecule has 0 spiro atoms. The van der Waals surface area contributed by atoms with Gasteiger partial charge in [0.05, 0.1) is 36.9 Å². The van der Waals surface area contributed by atoms with Gasteiger partial charge in [-0.15, -0.1) is 0 Å². The maximum atomic E-state index is 13.7. The number of nitrogens with one attached hydrogen (secondary N) is 2. The normalized spacial score (nSPS) is 26.4. The Balaban J connectivity index is 1.18. The molecule has 3 aliphatic rings. The number of piperidine rings is 1. The summed E-state index contributed by atoms with van der Waals surface area (Å²) in [6, 6.07) is 9.23. The van der Waals surface area contributed by atoms with E-state index in [-0.39, 0.29) is 86.4 Å². The van der Waals surface area contributed by atoms with Gasteiger partial charge in [0, 0.05) is 63.1 Å². The summed E-state index contributed by atoms with van der Waals surface area (Å²) >= 11 is 0. The zero-order valence-electron chi connectivity index (χ0n) is 32.8. The number of aromatic nitrogens is 2. The minimum absolute atomic E-state index is 0.0265. The van der Waals surface area contributed by atoms with Crippen LogP contribution in [0.15, 0.2) is 46.1 Å². The van der Waals surface area contributed by atoms with Crippen LogP contribution in [0, 0.1) is 23.1 Å². The second kappa shape index (κ2) is 18.8. The monoisotopic (exact) mass is 769 g/mol. The molecular weight excluding hydrogens is 714 g/mol. The van der Waals surface area contributed by atoms with Crippen molar-refractivity contribution in [3.63, 3.8) is 0 Å². The van der Waals surface area contributed by atoms with Crippen molar-refractivity contribution in [1.82, 2.24) is 24.4 Å². The van der Waals surface area contributed by atoms with Gasteiger partial charge in [-0.25, -0.2) is 13.9 Å². The molecular formula is C39H54FN6O7P. The van der Waals surface area contributed by atoms with Crippen molar-refractivity contribution in [1.29, 1.82) is 5.26 Å². The molecule has 3 fully saturated rings. The van der Waals surface area contributed by atoms with Crippen molar-refractivity contribution in [3.8, 4) is 6.07 Å². The Hall–Kier alpha value is -3.57. The van der Waals surface area contributed by atoms with Crippen molar-refractivity contribution in [2.24, 2.45) is 5.92 Å². The van der Waals surface area contributed by atoms with Crippen LogP contribution in [0.4, 0.5) is 4.39 Å². The number of fused-ring (bicyclic) bond motifs is 2. The van der Waals surface area contributed by atoms with Gasteiger partial charge in [0.2, 0.25) is 5.91 Å². The number of ether oxygens (including phenoxy) is 1. The van der Waals surface area contributed by atoms with Gasteiger partial charge in [-0.05, 0) is 97.0 Å². The SMILES string of the molecule is [2H]C[C@H]1O[C@@H](n2cc(/C=C/C(=O)NCCCC(=O)C3C4CC[C@@H](C[C@H]3c3ccc(F)cc3)N4C)c(=O)[nH]c2=O)CC1OP(OCCC#N)N(C(C)C)C(C)C. The second-order valence-corrected chi connectivity index (χ2v) is 16.3. The molecule has 3 aliphatic heterocycles. The third-order valence-corrected chi connectivity index (χ3v) is 12.8. The standard InChI is InChI=1S/C39H54FN6O7P/c1-24(2)46(25(3)4)54(51-20-8-18-41)53-34-22-36(52-26(34)5)45-23-28(38(49)43-39(45)50)12-17-35(48)42-19-7-9-33(47)37-31(27-10-13-29(40)14-11-27)21-30-15-16-32(37)44(30)6/h10-14,17,23-26,30-32,34,36-37H,7-9,15-16,19-22H2,1-6H3,(H,42,48)(H,43,49,50)/b17-12+/t26-,30+,31+,32?,34?,36-,37?,54?/m1/s1/i5D. The number of ketones is 1. The van der Waals surface area contributed by atoms with E-state index < -0.39 is 44.1 Å². The average Bonchev–Trinajstić information content (AvgIpc) is 3.64. The Morgan fingerprint density at radius 1 is 1.20 bits per heavy atom. The van der Waals surface area contributed by atoms with E-state index in [0.29, 0.717) is 12.5 Å². The van der Waals surface area contributed by atoms with Crippen LogP contribution in [-0.2, 0) is 23.4 Å². The molecule has 0 aliphatic carbocycles. The summed E-state index contributed by atoms with van der Waals surface area (Å²) in [5.74, 6) is -0.800. The highest BCUT2D eigenvalue weighted by Crippen LogP contribution is 2.50. The zero-order valence-corrected chi connectivity index (χ0v) is 32.7. The Morgan fingerprint density at radius 2 is 1.94 bits per heavy atom. The van der Waals surface area contributed by atoms with Crippen LogP contribution in [-0.4, -0.2) is 87.4 Å². The van der Waals surface area contributed by atoms with E-state index in [1.165, 1.54) is 35.0 Å². The van der Waals surface area contributed by atoms with Crippen LogP contribution in [0.2, 0.25) is 0 Å². The van der Waals surface area contributed by atoms with Crippen LogP contribution < -0.4 is 16.6 Å². The number of rotatable bonds is 17. The Morgan fingerprint density at radius 3 is 2.63 bits per heavy atom. The highest BCUT2D eigenvalue weighted by atomic mass is 31.2. The van der Waals surface area contributed by atoms with E-state index in [0.717, 1.165) is 24.8 Å². The molecule has 2 aromatic rings. The molecule has 1 amide bonds. The van der Waals surface area contributed by atoms with Gasteiger partial charge in [0.15, 0.2) is 0 Å². The number of hydrogen-bond donors (Lipinski definition) is 2. The molecule has 2 N–H and O–H groups in total. The first kappa shape index (κ1) is 40.1. The van der Waals surface area contributed by atoms with Crippen molar-refractivity contribution in [3.05, 3.63) is 74.3 Å². The van der Waals surface area contributed by atoms with E-state index in [1.807, 2.05) is 27.7 Å². The molecule has 0 radical (unpaired) electrons. The summed E-state index contributed by atoms with van der Waals surface area (Å²) in [5.41, 5.74) is -0.348. The largest absolute Gasteiger partial charge is 0.353 e. The minimum atomic E-state index is -1.62. The highest BCUT2D eigenvalue weighted by molar-refractivity contribution is 7.44. The first-order chi connectivity index (χ1) is 26.3. The molecule has 8 atom stereocenters. The van der Waals surface area contributed by atoms with Crippen LogP contribution in [0.25, 0.3) is 6.08 Å². The van der Waals surface area contributed by atoms with Gasteiger partial charge in [0.25, 0.3) is 14.1 Å². The predicted octanol–water partition coefficient (Wildman–Crippen LogP) is 5.39. The number of benzene rings is 1. The van der Waals surface area contributed by atoms with Crippen LogP contribution in [0.3, 0.4) is 0 Å². The lowest BCUT2D eigenvalue weighted by Gasteiger charge is -2.42. The van der Waals surface area contributed by atoms with Crippen LogP contribution >= 0.6 is 8.53 Å². The van der Waals surface area contributed by atoms with E-state index in [4.69, 9.17) is 20.4 Å². The molecule has 2 bridgehead atoms. The summed E-state index contributed by atoms with van der Waals surface area (Å²) in [6.07, 6.45) is 5.66. The molecule has 294 valence electrons. The lowest BCUT2D eigenvalue weighted by atomic mass is 9.73. The van der Waals surface area contributed by atoms with Gasteiger partial charge in [-0.3, -0.25) is 28.8 Å². The van der Waals surface area contributed by atoms with Gasteiger partial charge < -0.3 is 19.1 Å². The molecule has 54 heavy (non-hydrogen) atoms. The maximum absolute atomic E-state index is 13.7. The molecule has 3 saturated heterocycles. The van der Waals surface area contributed by atoms with E-state index in [1.54, 1.807) is 12.1 Å². The number of Topliss-reactive ketones (excluding diaryl/α,β-unsaturated/α-hetero) is 1. The molecule has 13 nitrogen and oxygen atoms in total. The number of nitrogens with zero attached hydrogens (tertiary/aromatic N) is 4. The molecule has 15 heteroatoms. The van der Waals surface area contributed by atoms with Gasteiger partial charge in [-0.1, -0.05) is 12.1 Å². The number of aromatic amines is 1. The fraction of sp³-hybridized carbons (Fsp3) is 0.615. The number of carbonyl (C=O) groups excluding carboxylic acids is 2. The summed E-state index contributed by atoms with van der Waals surface area (Å²) in [7, 11) is 0.456. The number of halogens is 1. The fourth-order valence-corrected chi connectivity index (χ4v) is 9.81.